The van der Waals surface area contributed by atoms with Crippen molar-refractivity contribution in [1.82, 2.24) is 15.1 Å². The summed E-state index contributed by atoms with van der Waals surface area (Å²) in [6.45, 7) is 8.10. The summed E-state index contributed by atoms with van der Waals surface area (Å²) >= 11 is 0. The zero-order valence-electron chi connectivity index (χ0n) is 15.1. The van der Waals surface area contributed by atoms with Crippen molar-refractivity contribution < 1.29 is 9.53 Å². The van der Waals surface area contributed by atoms with Gasteiger partial charge in [0, 0.05) is 12.0 Å². The number of hydrogen-bond acceptors (Lipinski definition) is 3. The lowest BCUT2D eigenvalue weighted by molar-refractivity contribution is -0.121. The van der Waals surface area contributed by atoms with Gasteiger partial charge in [-0.15, -0.1) is 6.58 Å². The van der Waals surface area contributed by atoms with Crippen LogP contribution in [0.3, 0.4) is 0 Å². The maximum atomic E-state index is 12.1. The van der Waals surface area contributed by atoms with Crippen LogP contribution in [0.2, 0.25) is 0 Å². The van der Waals surface area contributed by atoms with Crippen molar-refractivity contribution in [1.29, 1.82) is 0 Å². The Labute approximate surface area is 148 Å². The van der Waals surface area contributed by atoms with Gasteiger partial charge >= 0.3 is 0 Å². The van der Waals surface area contributed by atoms with Gasteiger partial charge in [-0.25, -0.2) is 4.68 Å². The molecule has 0 bridgehead atoms. The molecule has 5 nitrogen and oxygen atoms in total. The summed E-state index contributed by atoms with van der Waals surface area (Å²) in [5, 5.41) is 7.73. The van der Waals surface area contributed by atoms with Gasteiger partial charge in [-0.3, -0.25) is 4.79 Å². The molecule has 1 amide bonds. The summed E-state index contributed by atoms with van der Waals surface area (Å²) < 4.78 is 7.21. The zero-order chi connectivity index (χ0) is 18.0. The fourth-order valence-corrected chi connectivity index (χ4v) is 3.50. The molecule has 0 spiro atoms. The summed E-state index contributed by atoms with van der Waals surface area (Å²) in [7, 11) is 1.66. The third kappa shape index (κ3) is 3.60. The zero-order valence-corrected chi connectivity index (χ0v) is 15.1. The molecule has 1 aliphatic carbocycles. The average Bonchev–Trinajstić information content (AvgIpc) is 2.97. The number of benzene rings is 1. The standard InChI is InChI=1S/C20H25N3O2/c1-5-6-19(24)22-17-11-20(2,3)12-18-16(17)13-21-23(18)14-7-9-15(25-4)10-8-14/h5,7-10,13,17H,1,6,11-12H2,2-4H3,(H,22,24)/t17-/m0/s1. The number of carbonyl (C=O) groups excluding carboxylic acids is 1. The Hall–Kier alpha value is -2.56. The molecule has 1 N–H and O–H groups in total. The van der Waals surface area contributed by atoms with Crippen molar-refractivity contribution in [2.75, 3.05) is 7.11 Å². The van der Waals surface area contributed by atoms with Crippen LogP contribution >= 0.6 is 0 Å². The van der Waals surface area contributed by atoms with E-state index in [1.54, 1.807) is 13.2 Å². The lowest BCUT2D eigenvalue weighted by Gasteiger charge is -2.36. The molecule has 0 saturated carbocycles. The van der Waals surface area contributed by atoms with Crippen LogP contribution in [0.15, 0.2) is 43.1 Å². The predicted molar refractivity (Wildman–Crippen MR) is 97.9 cm³/mol. The molecular weight excluding hydrogens is 314 g/mol. The molecule has 3 rings (SSSR count). The van der Waals surface area contributed by atoms with Crippen LogP contribution in [0.1, 0.15) is 44.0 Å². The van der Waals surface area contributed by atoms with E-state index in [9.17, 15) is 4.79 Å². The molecule has 1 heterocycles. The van der Waals surface area contributed by atoms with Crippen molar-refractivity contribution in [2.24, 2.45) is 5.41 Å². The first-order valence-electron chi connectivity index (χ1n) is 8.55. The van der Waals surface area contributed by atoms with Crippen molar-refractivity contribution >= 4 is 5.91 Å². The number of methoxy groups -OCH3 is 1. The van der Waals surface area contributed by atoms with Crippen LogP contribution in [-0.4, -0.2) is 22.8 Å². The minimum absolute atomic E-state index is 0.000785. The molecule has 0 unspecified atom stereocenters. The van der Waals surface area contributed by atoms with Crippen molar-refractivity contribution in [3.8, 4) is 11.4 Å². The first kappa shape index (κ1) is 17.3. The van der Waals surface area contributed by atoms with Crippen LogP contribution in [0.5, 0.6) is 5.75 Å². The minimum atomic E-state index is -0.0156. The first-order valence-corrected chi connectivity index (χ1v) is 8.55. The number of nitrogens with one attached hydrogen (secondary N) is 1. The third-order valence-corrected chi connectivity index (χ3v) is 4.66. The number of carbonyl (C=O) groups is 1. The van der Waals surface area contributed by atoms with E-state index < -0.39 is 0 Å². The number of ether oxygens (including phenoxy) is 1. The summed E-state index contributed by atoms with van der Waals surface area (Å²) in [5.74, 6) is 0.820. The summed E-state index contributed by atoms with van der Waals surface area (Å²) in [6.07, 6.45) is 5.66. The van der Waals surface area contributed by atoms with Crippen LogP contribution in [0.4, 0.5) is 0 Å². The van der Waals surface area contributed by atoms with E-state index in [2.05, 4.69) is 30.8 Å². The highest BCUT2D eigenvalue weighted by molar-refractivity contribution is 5.78. The van der Waals surface area contributed by atoms with Gasteiger partial charge in [0.15, 0.2) is 0 Å². The minimum Gasteiger partial charge on any atom is -0.497 e. The molecule has 0 fully saturated rings. The second-order valence-electron chi connectivity index (χ2n) is 7.31. The fourth-order valence-electron chi connectivity index (χ4n) is 3.50. The Morgan fingerprint density at radius 2 is 2.16 bits per heavy atom. The number of fused-ring (bicyclic) bond motifs is 1. The Morgan fingerprint density at radius 1 is 1.44 bits per heavy atom. The predicted octanol–water partition coefficient (Wildman–Crippen LogP) is 3.59. The molecule has 1 aromatic carbocycles. The maximum Gasteiger partial charge on any atom is 0.224 e. The molecule has 1 aromatic heterocycles. The van der Waals surface area contributed by atoms with Gasteiger partial charge in [0.25, 0.3) is 0 Å². The Balaban J connectivity index is 1.96. The van der Waals surface area contributed by atoms with Gasteiger partial charge in [-0.1, -0.05) is 19.9 Å². The number of hydrogen-bond donors (Lipinski definition) is 1. The SMILES string of the molecule is C=CCC(=O)N[C@H]1CC(C)(C)Cc2c1cnn2-c1ccc(OC)cc1. The highest BCUT2D eigenvalue weighted by Gasteiger charge is 2.35. The molecule has 0 saturated heterocycles. The Morgan fingerprint density at radius 3 is 2.80 bits per heavy atom. The van der Waals surface area contributed by atoms with Gasteiger partial charge < -0.3 is 10.1 Å². The van der Waals surface area contributed by atoms with Gasteiger partial charge in [0.05, 0.1) is 30.7 Å². The second-order valence-corrected chi connectivity index (χ2v) is 7.31. The van der Waals surface area contributed by atoms with Crippen LogP contribution in [-0.2, 0) is 11.2 Å². The van der Waals surface area contributed by atoms with Crippen LogP contribution in [0, 0.1) is 5.41 Å². The van der Waals surface area contributed by atoms with Crippen LogP contribution in [0.25, 0.3) is 5.69 Å². The van der Waals surface area contributed by atoms with Gasteiger partial charge in [0.1, 0.15) is 5.75 Å². The highest BCUT2D eigenvalue weighted by atomic mass is 16.5. The second kappa shape index (κ2) is 6.75. The van der Waals surface area contributed by atoms with E-state index >= 15 is 0 Å². The smallest absolute Gasteiger partial charge is 0.224 e. The summed E-state index contributed by atoms with van der Waals surface area (Å²) in [5.41, 5.74) is 3.34. The van der Waals surface area contributed by atoms with E-state index in [0.29, 0.717) is 6.42 Å². The molecular formula is C20H25N3O2. The quantitative estimate of drug-likeness (QED) is 0.847. The summed E-state index contributed by atoms with van der Waals surface area (Å²) in [4.78, 5) is 12.1. The summed E-state index contributed by atoms with van der Waals surface area (Å²) in [6, 6.07) is 7.85. The molecule has 2 aromatic rings. The Bertz CT molecular complexity index is 775. The molecule has 5 heteroatoms. The Kier molecular flexibility index (Phi) is 4.66. The van der Waals surface area contributed by atoms with E-state index in [4.69, 9.17) is 4.74 Å². The lowest BCUT2D eigenvalue weighted by atomic mass is 9.74. The molecule has 1 atom stereocenters. The van der Waals surface area contributed by atoms with E-state index in [1.165, 1.54) is 0 Å². The normalized spacial score (nSPS) is 18.3. The maximum absolute atomic E-state index is 12.1. The molecule has 0 aliphatic heterocycles. The number of amides is 1. The molecule has 132 valence electrons. The number of aromatic nitrogens is 2. The average molecular weight is 339 g/mol. The molecule has 25 heavy (non-hydrogen) atoms. The lowest BCUT2D eigenvalue weighted by Crippen LogP contribution is -2.36. The third-order valence-electron chi connectivity index (χ3n) is 4.66. The van der Waals surface area contributed by atoms with E-state index in [1.807, 2.05) is 35.1 Å². The van der Waals surface area contributed by atoms with Crippen molar-refractivity contribution in [3.05, 3.63) is 54.4 Å². The van der Waals surface area contributed by atoms with Gasteiger partial charge in [-0.05, 0) is 42.5 Å². The monoisotopic (exact) mass is 339 g/mol. The first-order chi connectivity index (χ1) is 11.9. The molecule has 0 radical (unpaired) electrons. The highest BCUT2D eigenvalue weighted by Crippen LogP contribution is 2.41. The fraction of sp³-hybridized carbons (Fsp3) is 0.400. The topological polar surface area (TPSA) is 56.2 Å². The largest absolute Gasteiger partial charge is 0.497 e. The van der Waals surface area contributed by atoms with Gasteiger partial charge in [0.2, 0.25) is 5.91 Å². The van der Waals surface area contributed by atoms with Crippen molar-refractivity contribution in [3.63, 3.8) is 0 Å². The van der Waals surface area contributed by atoms with E-state index in [-0.39, 0.29) is 17.4 Å². The molecule has 1 aliphatic rings. The number of rotatable bonds is 5. The van der Waals surface area contributed by atoms with E-state index in [0.717, 1.165) is 35.5 Å². The van der Waals surface area contributed by atoms with Gasteiger partial charge in [-0.2, -0.15) is 5.10 Å². The van der Waals surface area contributed by atoms with Crippen LogP contribution < -0.4 is 10.1 Å². The number of nitrogens with zero attached hydrogens (tertiary/aromatic N) is 2. The van der Waals surface area contributed by atoms with Crippen molar-refractivity contribution in [2.45, 2.75) is 39.2 Å².